The van der Waals surface area contributed by atoms with Crippen LogP contribution in [0.4, 0.5) is 5.69 Å². The van der Waals surface area contributed by atoms with Gasteiger partial charge in [-0.15, -0.1) is 0 Å². The summed E-state index contributed by atoms with van der Waals surface area (Å²) in [6, 6.07) is 14.9. The third-order valence-electron chi connectivity index (χ3n) is 4.10. The van der Waals surface area contributed by atoms with Crippen molar-refractivity contribution in [3.8, 4) is 0 Å². The molecule has 6 nitrogen and oxygen atoms in total. The normalized spacial score (nSPS) is 12.2. The topological polar surface area (TPSA) is 95.8 Å². The average molecular weight is 337 g/mol. The quantitative estimate of drug-likeness (QED) is 0.531. The SMILES string of the molecule is CCNCc1ccc(NC(=O)C(N)Cc2[nH]nc3ccccc23)cc1. The zero-order chi connectivity index (χ0) is 17.6. The lowest BCUT2D eigenvalue weighted by molar-refractivity contribution is -0.117. The van der Waals surface area contributed by atoms with Gasteiger partial charge in [0.25, 0.3) is 0 Å². The minimum Gasteiger partial charge on any atom is -0.325 e. The number of amides is 1. The van der Waals surface area contributed by atoms with Gasteiger partial charge >= 0.3 is 0 Å². The number of nitrogens with two attached hydrogens (primary N) is 1. The molecular weight excluding hydrogens is 314 g/mol. The molecule has 25 heavy (non-hydrogen) atoms. The van der Waals surface area contributed by atoms with Crippen LogP contribution in [0, 0.1) is 0 Å². The number of para-hydroxylation sites is 1. The zero-order valence-corrected chi connectivity index (χ0v) is 14.3. The molecule has 0 fully saturated rings. The summed E-state index contributed by atoms with van der Waals surface area (Å²) in [5, 5.41) is 14.3. The van der Waals surface area contributed by atoms with E-state index in [9.17, 15) is 4.79 Å². The van der Waals surface area contributed by atoms with Crippen LogP contribution in [0.15, 0.2) is 48.5 Å². The number of aromatic amines is 1. The number of hydrogen-bond donors (Lipinski definition) is 4. The summed E-state index contributed by atoms with van der Waals surface area (Å²) in [6.45, 7) is 3.81. The molecule has 1 atom stereocenters. The first-order valence-electron chi connectivity index (χ1n) is 8.45. The van der Waals surface area contributed by atoms with Gasteiger partial charge in [-0.1, -0.05) is 37.3 Å². The van der Waals surface area contributed by atoms with Gasteiger partial charge < -0.3 is 16.4 Å². The van der Waals surface area contributed by atoms with Gasteiger partial charge in [-0.05, 0) is 30.3 Å². The van der Waals surface area contributed by atoms with Crippen LogP contribution < -0.4 is 16.4 Å². The van der Waals surface area contributed by atoms with Gasteiger partial charge in [0.05, 0.1) is 11.6 Å². The van der Waals surface area contributed by atoms with Crippen molar-refractivity contribution in [1.82, 2.24) is 15.5 Å². The van der Waals surface area contributed by atoms with E-state index in [1.807, 2.05) is 48.5 Å². The van der Waals surface area contributed by atoms with Crippen molar-refractivity contribution in [2.45, 2.75) is 25.9 Å². The molecule has 1 unspecified atom stereocenters. The fraction of sp³-hybridized carbons (Fsp3) is 0.263. The Morgan fingerprint density at radius 3 is 2.72 bits per heavy atom. The Kier molecular flexibility index (Phi) is 5.42. The highest BCUT2D eigenvalue weighted by atomic mass is 16.2. The summed E-state index contributed by atoms with van der Waals surface area (Å²) in [5.41, 5.74) is 9.74. The van der Waals surface area contributed by atoms with Crippen molar-refractivity contribution >= 4 is 22.5 Å². The van der Waals surface area contributed by atoms with Gasteiger partial charge in [0.2, 0.25) is 5.91 Å². The number of H-pyrrole nitrogens is 1. The summed E-state index contributed by atoms with van der Waals surface area (Å²) >= 11 is 0. The molecule has 3 rings (SSSR count). The van der Waals surface area contributed by atoms with Gasteiger partial charge in [0.1, 0.15) is 0 Å². The second kappa shape index (κ2) is 7.92. The standard InChI is InChI=1S/C19H23N5O/c1-2-21-12-13-7-9-14(10-8-13)22-19(25)16(20)11-18-15-5-3-4-6-17(15)23-24-18/h3-10,16,21H,2,11-12,20H2,1H3,(H,22,25)(H,23,24). The monoisotopic (exact) mass is 337 g/mol. The number of benzene rings is 2. The zero-order valence-electron chi connectivity index (χ0n) is 14.3. The highest BCUT2D eigenvalue weighted by Gasteiger charge is 2.17. The number of nitrogens with one attached hydrogen (secondary N) is 3. The van der Waals surface area contributed by atoms with Crippen LogP contribution >= 0.6 is 0 Å². The fourth-order valence-corrected chi connectivity index (χ4v) is 2.69. The molecule has 0 saturated heterocycles. The van der Waals surface area contributed by atoms with E-state index in [1.165, 1.54) is 5.56 Å². The van der Waals surface area contributed by atoms with E-state index in [0.29, 0.717) is 6.42 Å². The van der Waals surface area contributed by atoms with Crippen molar-refractivity contribution in [2.75, 3.05) is 11.9 Å². The maximum atomic E-state index is 12.3. The summed E-state index contributed by atoms with van der Waals surface area (Å²) in [7, 11) is 0. The number of fused-ring (bicyclic) bond motifs is 1. The second-order valence-corrected chi connectivity index (χ2v) is 6.00. The van der Waals surface area contributed by atoms with Gasteiger partial charge in [-0.3, -0.25) is 9.89 Å². The molecule has 0 aliphatic carbocycles. The molecular formula is C19H23N5O. The largest absolute Gasteiger partial charge is 0.325 e. The molecule has 0 saturated carbocycles. The summed E-state index contributed by atoms with van der Waals surface area (Å²) < 4.78 is 0. The van der Waals surface area contributed by atoms with Crippen LogP contribution in [0.2, 0.25) is 0 Å². The molecule has 6 heteroatoms. The first kappa shape index (κ1) is 17.1. The van der Waals surface area contributed by atoms with Crippen LogP contribution in [0.5, 0.6) is 0 Å². The maximum Gasteiger partial charge on any atom is 0.241 e. The summed E-state index contributed by atoms with van der Waals surface area (Å²) in [5.74, 6) is -0.210. The van der Waals surface area contributed by atoms with Crippen LogP contribution in [-0.2, 0) is 17.8 Å². The van der Waals surface area contributed by atoms with E-state index in [1.54, 1.807) is 0 Å². The summed E-state index contributed by atoms with van der Waals surface area (Å²) in [4.78, 5) is 12.3. The van der Waals surface area contributed by atoms with Crippen molar-refractivity contribution in [2.24, 2.45) is 5.73 Å². The lowest BCUT2D eigenvalue weighted by atomic mass is 10.1. The number of nitrogens with zero attached hydrogens (tertiary/aromatic N) is 1. The van der Waals surface area contributed by atoms with Crippen LogP contribution in [0.3, 0.4) is 0 Å². The van der Waals surface area contributed by atoms with Crippen molar-refractivity contribution in [3.05, 3.63) is 59.8 Å². The molecule has 3 aromatic rings. The smallest absolute Gasteiger partial charge is 0.241 e. The molecule has 0 radical (unpaired) electrons. The number of rotatable bonds is 7. The first-order valence-corrected chi connectivity index (χ1v) is 8.45. The molecule has 1 aromatic heterocycles. The molecule has 5 N–H and O–H groups in total. The van der Waals surface area contributed by atoms with Gasteiger partial charge in [0, 0.05) is 29.7 Å². The Bertz CT molecular complexity index is 840. The Labute approximate surface area is 146 Å². The van der Waals surface area contributed by atoms with E-state index in [-0.39, 0.29) is 5.91 Å². The molecule has 0 bridgehead atoms. The Balaban J connectivity index is 1.60. The third-order valence-corrected chi connectivity index (χ3v) is 4.10. The first-order chi connectivity index (χ1) is 12.2. The van der Waals surface area contributed by atoms with E-state index < -0.39 is 6.04 Å². The lowest BCUT2D eigenvalue weighted by Crippen LogP contribution is -2.37. The van der Waals surface area contributed by atoms with Crippen LogP contribution in [0.25, 0.3) is 10.9 Å². The third kappa shape index (κ3) is 4.23. The number of carbonyl (C=O) groups is 1. The van der Waals surface area contributed by atoms with E-state index in [4.69, 9.17) is 5.73 Å². The van der Waals surface area contributed by atoms with Crippen molar-refractivity contribution in [1.29, 1.82) is 0 Å². The molecule has 0 aliphatic heterocycles. The second-order valence-electron chi connectivity index (χ2n) is 6.00. The average Bonchev–Trinajstić information content (AvgIpc) is 3.04. The molecule has 130 valence electrons. The molecule has 0 spiro atoms. The highest BCUT2D eigenvalue weighted by Crippen LogP contribution is 2.17. The molecule has 2 aromatic carbocycles. The molecule has 1 amide bonds. The van der Waals surface area contributed by atoms with Gasteiger partial charge in [-0.2, -0.15) is 5.10 Å². The van der Waals surface area contributed by atoms with Gasteiger partial charge in [-0.25, -0.2) is 0 Å². The van der Waals surface area contributed by atoms with Crippen molar-refractivity contribution in [3.63, 3.8) is 0 Å². The molecule has 0 aliphatic rings. The lowest BCUT2D eigenvalue weighted by Gasteiger charge is -2.12. The Hall–Kier alpha value is -2.70. The van der Waals surface area contributed by atoms with E-state index >= 15 is 0 Å². The minimum atomic E-state index is -0.648. The van der Waals surface area contributed by atoms with Crippen LogP contribution in [0.1, 0.15) is 18.2 Å². The minimum absolute atomic E-state index is 0.210. The number of aromatic nitrogens is 2. The Morgan fingerprint density at radius 1 is 1.20 bits per heavy atom. The molecule has 1 heterocycles. The predicted molar refractivity (Wildman–Crippen MR) is 100 cm³/mol. The number of anilines is 1. The predicted octanol–water partition coefficient (Wildman–Crippen LogP) is 2.18. The number of carbonyl (C=O) groups excluding carboxylic acids is 1. The van der Waals surface area contributed by atoms with Crippen molar-refractivity contribution < 1.29 is 4.79 Å². The Morgan fingerprint density at radius 2 is 1.96 bits per heavy atom. The number of hydrogen-bond acceptors (Lipinski definition) is 4. The maximum absolute atomic E-state index is 12.3. The fourth-order valence-electron chi connectivity index (χ4n) is 2.69. The van der Waals surface area contributed by atoms with Gasteiger partial charge in [0.15, 0.2) is 0 Å². The van der Waals surface area contributed by atoms with E-state index in [2.05, 4.69) is 27.8 Å². The van der Waals surface area contributed by atoms with E-state index in [0.717, 1.165) is 35.4 Å². The van der Waals surface area contributed by atoms with Crippen LogP contribution in [-0.4, -0.2) is 28.7 Å². The summed E-state index contributed by atoms with van der Waals surface area (Å²) in [6.07, 6.45) is 0.408. The highest BCUT2D eigenvalue weighted by molar-refractivity contribution is 5.95.